The second-order valence-electron chi connectivity index (χ2n) is 17.2. The lowest BCUT2D eigenvalue weighted by Crippen LogP contribution is -2.59. The van der Waals surface area contributed by atoms with Gasteiger partial charge in [0.15, 0.2) is 5.78 Å². The van der Waals surface area contributed by atoms with Gasteiger partial charge in [-0.1, -0.05) is 25.3 Å². The fourth-order valence-electron chi connectivity index (χ4n) is 9.71. The van der Waals surface area contributed by atoms with E-state index < -0.39 is 59.6 Å². The minimum Gasteiger partial charge on any atom is -0.370 e. The standard InChI is InChI=1S/C43H59F2N7O7/c1-25(53)47-29-12-15-34(50-39(56)35-22-27-21-28(43(2,44)45)11-14-32(27)48-35)42(59)52-30(23-29)13-17-36(52)40(57)49-33(16-18-38(46)55)37(54)24-31(26-9-5-3-6-10-26)41(58)51-19-7-4-8-20-51/h11,14,21-22,26,29-31,33-34,36,48H,3-10,12-13,15-20,23-24H2,1-2H3,(H2,46,55)(H,47,53)(H,49,57)(H,50,56)/t29-,30+,31-,33-,34-,36-/m0/s1. The summed E-state index contributed by atoms with van der Waals surface area (Å²) in [6.45, 7) is 3.48. The smallest absolute Gasteiger partial charge is 0.270 e. The van der Waals surface area contributed by atoms with Crippen LogP contribution in [0.25, 0.3) is 10.9 Å². The van der Waals surface area contributed by atoms with Crippen molar-refractivity contribution in [3.8, 4) is 0 Å². The molecule has 6 N–H and O–H groups in total. The third-order valence-electron chi connectivity index (χ3n) is 12.8. The maximum Gasteiger partial charge on any atom is 0.270 e. The van der Waals surface area contributed by atoms with Gasteiger partial charge in [0.25, 0.3) is 11.8 Å². The van der Waals surface area contributed by atoms with Crippen LogP contribution >= 0.6 is 0 Å². The van der Waals surface area contributed by atoms with Crippen molar-refractivity contribution in [2.75, 3.05) is 13.1 Å². The first kappa shape index (κ1) is 43.7. The van der Waals surface area contributed by atoms with E-state index in [1.807, 2.05) is 4.90 Å². The van der Waals surface area contributed by atoms with Crippen molar-refractivity contribution in [3.05, 3.63) is 35.5 Å². The number of alkyl halides is 2. The van der Waals surface area contributed by atoms with E-state index in [9.17, 15) is 42.3 Å². The van der Waals surface area contributed by atoms with Crippen LogP contribution in [0.4, 0.5) is 8.78 Å². The monoisotopic (exact) mass is 823 g/mol. The number of aromatic amines is 1. The summed E-state index contributed by atoms with van der Waals surface area (Å²) in [7, 11) is 0. The molecule has 1 saturated carbocycles. The Balaban J connectivity index is 1.22. The molecule has 6 rings (SSSR count). The Morgan fingerprint density at radius 3 is 2.31 bits per heavy atom. The highest BCUT2D eigenvalue weighted by Crippen LogP contribution is 2.36. The van der Waals surface area contributed by atoms with Crippen LogP contribution in [0.5, 0.6) is 0 Å². The zero-order valence-corrected chi connectivity index (χ0v) is 34.2. The Bertz CT molecular complexity index is 1900. The number of piperidine rings is 1. The number of fused-ring (bicyclic) bond motifs is 2. The lowest BCUT2D eigenvalue weighted by molar-refractivity contribution is -0.144. The first-order valence-electron chi connectivity index (χ1n) is 21.4. The number of benzene rings is 1. The van der Waals surface area contributed by atoms with Crippen molar-refractivity contribution in [3.63, 3.8) is 0 Å². The molecule has 3 aliphatic heterocycles. The zero-order chi connectivity index (χ0) is 42.4. The number of ketones is 1. The number of nitrogens with zero attached hydrogens (tertiary/aromatic N) is 2. The summed E-state index contributed by atoms with van der Waals surface area (Å²) in [6.07, 6.45) is 8.79. The summed E-state index contributed by atoms with van der Waals surface area (Å²) in [5, 5.41) is 8.97. The number of rotatable bonds is 14. The summed E-state index contributed by atoms with van der Waals surface area (Å²) in [5.41, 5.74) is 5.81. The van der Waals surface area contributed by atoms with E-state index in [0.29, 0.717) is 43.3 Å². The van der Waals surface area contributed by atoms with E-state index in [2.05, 4.69) is 20.9 Å². The molecule has 6 atom stereocenters. The molecule has 14 nitrogen and oxygen atoms in total. The van der Waals surface area contributed by atoms with E-state index in [0.717, 1.165) is 58.3 Å². The van der Waals surface area contributed by atoms with Gasteiger partial charge in [0.05, 0.1) is 6.04 Å². The number of carbonyl (C=O) groups is 7. The summed E-state index contributed by atoms with van der Waals surface area (Å²) < 4.78 is 28.1. The first-order chi connectivity index (χ1) is 28.1. The molecule has 4 aliphatic rings. The molecule has 3 saturated heterocycles. The maximum absolute atomic E-state index is 14.5. The molecule has 0 radical (unpaired) electrons. The molecule has 2 aromatic rings. The summed E-state index contributed by atoms with van der Waals surface area (Å²) in [4.78, 5) is 101. The van der Waals surface area contributed by atoms with Gasteiger partial charge in [0, 0.05) is 74.2 Å². The number of Topliss-reactive ketones (excluding diaryl/α,β-unsaturated/α-hetero) is 1. The summed E-state index contributed by atoms with van der Waals surface area (Å²) in [5.74, 6) is -6.65. The largest absolute Gasteiger partial charge is 0.370 e. The average Bonchev–Trinajstić information content (AvgIpc) is 3.83. The van der Waals surface area contributed by atoms with Crippen LogP contribution in [0.15, 0.2) is 24.3 Å². The Morgan fingerprint density at radius 1 is 0.915 bits per heavy atom. The Hall–Kier alpha value is -4.89. The highest BCUT2D eigenvalue weighted by atomic mass is 19.3. The van der Waals surface area contributed by atoms with Gasteiger partial charge in [0.1, 0.15) is 17.8 Å². The van der Waals surface area contributed by atoms with Crippen LogP contribution in [0, 0.1) is 11.8 Å². The van der Waals surface area contributed by atoms with Crippen LogP contribution in [0.1, 0.15) is 133 Å². The van der Waals surface area contributed by atoms with E-state index in [1.54, 1.807) is 0 Å². The number of H-pyrrole nitrogens is 1. The number of hydrogen-bond donors (Lipinski definition) is 5. The predicted octanol–water partition coefficient (Wildman–Crippen LogP) is 4.34. The number of nitrogens with one attached hydrogen (secondary N) is 4. The fraction of sp³-hybridized carbons (Fsp3) is 0.651. The van der Waals surface area contributed by atoms with Gasteiger partial charge in [0.2, 0.25) is 29.5 Å². The second-order valence-corrected chi connectivity index (χ2v) is 17.2. The molecule has 0 spiro atoms. The van der Waals surface area contributed by atoms with Crippen molar-refractivity contribution < 1.29 is 42.3 Å². The number of primary amides is 1. The average molecular weight is 824 g/mol. The highest BCUT2D eigenvalue weighted by molar-refractivity contribution is 6.01. The minimum atomic E-state index is -3.09. The highest BCUT2D eigenvalue weighted by Gasteiger charge is 2.46. The van der Waals surface area contributed by atoms with Crippen LogP contribution in [-0.4, -0.2) is 99.3 Å². The van der Waals surface area contributed by atoms with Crippen LogP contribution in [0.2, 0.25) is 0 Å². The second kappa shape index (κ2) is 19.0. The van der Waals surface area contributed by atoms with Crippen LogP contribution in [0.3, 0.4) is 0 Å². The van der Waals surface area contributed by atoms with Gasteiger partial charge in [-0.25, -0.2) is 8.78 Å². The molecule has 4 fully saturated rings. The number of nitrogens with two attached hydrogens (primary N) is 1. The van der Waals surface area contributed by atoms with Gasteiger partial charge in [-0.05, 0) is 94.7 Å². The van der Waals surface area contributed by atoms with E-state index in [-0.39, 0.29) is 72.9 Å². The van der Waals surface area contributed by atoms with Crippen molar-refractivity contribution in [2.45, 2.75) is 153 Å². The Kier molecular flexibility index (Phi) is 14.1. The van der Waals surface area contributed by atoms with Crippen molar-refractivity contribution in [1.29, 1.82) is 0 Å². The van der Waals surface area contributed by atoms with Crippen molar-refractivity contribution >= 4 is 52.1 Å². The van der Waals surface area contributed by atoms with Crippen LogP contribution < -0.4 is 21.7 Å². The number of likely N-dealkylation sites (tertiary alicyclic amines) is 1. The summed E-state index contributed by atoms with van der Waals surface area (Å²) >= 11 is 0. The molecule has 1 aromatic heterocycles. The number of aromatic nitrogens is 1. The van der Waals surface area contributed by atoms with E-state index in [1.165, 1.54) is 36.1 Å². The number of amides is 6. The normalized spacial score (nSPS) is 24.0. The number of hydrogen-bond acceptors (Lipinski definition) is 7. The maximum atomic E-state index is 14.5. The van der Waals surface area contributed by atoms with Crippen LogP contribution in [-0.2, 0) is 34.7 Å². The molecule has 6 amide bonds. The quantitative estimate of drug-likeness (QED) is 0.186. The zero-order valence-electron chi connectivity index (χ0n) is 34.2. The molecule has 59 heavy (non-hydrogen) atoms. The van der Waals surface area contributed by atoms with Gasteiger partial charge < -0.3 is 36.5 Å². The molecule has 1 aromatic carbocycles. The minimum absolute atomic E-state index is 0.0312. The lowest BCUT2D eigenvalue weighted by Gasteiger charge is -2.38. The van der Waals surface area contributed by atoms with Crippen molar-refractivity contribution in [2.24, 2.45) is 17.6 Å². The summed E-state index contributed by atoms with van der Waals surface area (Å²) in [6, 6.07) is 1.35. The molecule has 0 bridgehead atoms. The topological polar surface area (TPSA) is 204 Å². The lowest BCUT2D eigenvalue weighted by atomic mass is 9.76. The molecule has 4 heterocycles. The number of carbonyl (C=O) groups excluding carboxylic acids is 7. The third-order valence-corrected chi connectivity index (χ3v) is 12.8. The van der Waals surface area contributed by atoms with Gasteiger partial charge in [-0.2, -0.15) is 0 Å². The number of halogens is 2. The van der Waals surface area contributed by atoms with Gasteiger partial charge in [-0.15, -0.1) is 0 Å². The Labute approximate surface area is 343 Å². The molecular formula is C43H59F2N7O7. The Morgan fingerprint density at radius 2 is 1.63 bits per heavy atom. The van der Waals surface area contributed by atoms with Crippen molar-refractivity contribution in [1.82, 2.24) is 30.7 Å². The third kappa shape index (κ3) is 10.8. The van der Waals surface area contributed by atoms with E-state index in [4.69, 9.17) is 5.73 Å². The van der Waals surface area contributed by atoms with Gasteiger partial charge in [-0.3, -0.25) is 33.6 Å². The molecule has 1 aliphatic carbocycles. The fourth-order valence-corrected chi connectivity index (χ4v) is 9.71. The SMILES string of the molecule is CC(=O)N[C@H]1CC[C@H](NC(=O)c2cc3cc(C(C)(F)F)ccc3[nH]2)C(=O)N2[C@H](CC[C@H]2C(=O)N[C@@H](CCC(N)=O)C(=O)C[C@H](C(=O)N2CCCCC2)C2CCCCC2)C1. The molecular weight excluding hydrogens is 765 g/mol. The molecule has 322 valence electrons. The van der Waals surface area contributed by atoms with E-state index >= 15 is 0 Å². The van der Waals surface area contributed by atoms with Gasteiger partial charge >= 0.3 is 0 Å². The molecule has 16 heteroatoms. The molecule has 0 unspecified atom stereocenters. The predicted molar refractivity (Wildman–Crippen MR) is 215 cm³/mol. The first-order valence-corrected chi connectivity index (χ1v) is 21.4.